The van der Waals surface area contributed by atoms with E-state index in [-0.39, 0.29) is 10.8 Å². The van der Waals surface area contributed by atoms with Gasteiger partial charge in [0.05, 0.1) is 38.3 Å². The number of furan rings is 1. The summed E-state index contributed by atoms with van der Waals surface area (Å²) in [5.74, 6) is 0. The highest BCUT2D eigenvalue weighted by Gasteiger charge is 2.54. The predicted molar refractivity (Wildman–Crippen MR) is 429 cm³/mol. The van der Waals surface area contributed by atoms with Crippen LogP contribution in [-0.2, 0) is 16.2 Å². The van der Waals surface area contributed by atoms with Crippen LogP contribution in [0.3, 0.4) is 0 Å². The zero-order chi connectivity index (χ0) is 67.9. The van der Waals surface area contributed by atoms with Gasteiger partial charge in [0.15, 0.2) is 0 Å². The molecule has 4 aliphatic rings. The third kappa shape index (κ3) is 8.67. The zero-order valence-corrected chi connectivity index (χ0v) is 60.5. The van der Waals surface area contributed by atoms with Crippen LogP contribution in [0, 0.1) is 0 Å². The first-order valence-electron chi connectivity index (χ1n) is 35.6. The molecule has 0 radical (unpaired) electrons. The van der Waals surface area contributed by atoms with E-state index in [0.29, 0.717) is 0 Å². The molecule has 0 fully saturated rings. The van der Waals surface area contributed by atoms with Crippen LogP contribution in [0.2, 0.25) is 39.3 Å². The summed E-state index contributed by atoms with van der Waals surface area (Å²) in [6.07, 6.45) is 0. The summed E-state index contributed by atoms with van der Waals surface area (Å²) >= 11 is 0. The van der Waals surface area contributed by atoms with Crippen LogP contribution in [0.15, 0.2) is 296 Å². The highest BCUT2D eigenvalue weighted by Crippen LogP contribution is 2.68. The van der Waals surface area contributed by atoms with Crippen molar-refractivity contribution in [2.24, 2.45) is 0 Å². The van der Waals surface area contributed by atoms with E-state index in [2.05, 4.69) is 368 Å². The molecule has 0 unspecified atom stereocenters. The maximum atomic E-state index is 7.75. The first-order valence-corrected chi connectivity index (χ1v) is 42.6. The number of para-hydroxylation sites is 1. The first-order chi connectivity index (χ1) is 48.4. The van der Waals surface area contributed by atoms with Crippen LogP contribution in [0.25, 0.3) is 99.5 Å². The third-order valence-corrected chi connectivity index (χ3v) is 27.3. The first kappa shape index (κ1) is 60.4. The number of fused-ring (bicyclic) bond motifs is 22. The summed E-state index contributed by atoms with van der Waals surface area (Å²) in [5, 5.41) is 7.39. The van der Waals surface area contributed by atoms with E-state index in [1.807, 2.05) is 0 Å². The standard InChI is InChI=1S/C95H78N2OSi2/c1-93(2)80-53-61(59-25-13-11-14-26-59)37-49-71(80)73-51-43-65(55-82(73)93)96(63-39-45-67(46-40-63)99(5,6)7)86-57-84-89(76-32-18-17-31-75(76)86)91-85(95(84)78-34-22-19-29-69(78)70-30-20-23-35-79(70)95)58-87(90-77-33-21-24-36-88(77)98-92(90)91)97(64-41-47-68(48-42-64)100(8,9)10)66-44-52-74-72-50-38-62(60-27-15-12-16-28-60)54-81(72)94(3,4)83(74)56-66/h11-58H,1-10H3. The van der Waals surface area contributed by atoms with Gasteiger partial charge in [-0.3, -0.25) is 0 Å². The quantitative estimate of drug-likeness (QED) is 0.127. The Balaban J connectivity index is 0.890. The van der Waals surface area contributed by atoms with Gasteiger partial charge in [-0.15, -0.1) is 0 Å². The number of benzene rings is 14. The average Bonchev–Trinajstić information content (AvgIpc) is 1.49. The molecule has 0 bridgehead atoms. The van der Waals surface area contributed by atoms with Crippen molar-refractivity contribution < 1.29 is 4.42 Å². The predicted octanol–water partition coefficient (Wildman–Crippen LogP) is 25.1. The lowest BCUT2D eigenvalue weighted by molar-refractivity contribution is 0.660. The fourth-order valence-corrected chi connectivity index (χ4v) is 20.4. The van der Waals surface area contributed by atoms with Gasteiger partial charge in [0.25, 0.3) is 0 Å². The molecule has 0 atom stereocenters. The van der Waals surface area contributed by atoms with Crippen molar-refractivity contribution >= 4 is 93.4 Å². The SMILES string of the molecule is CC1(C)c2cc(-c3ccccc3)ccc2-c2ccc(N(c3ccc([Si](C)(C)C)cc3)c3cc4c(c5ccccc35)-c3c(cc(N(c5ccc([Si](C)(C)C)cc5)c5ccc6c(c5)C(C)(C)c5cc(-c7ccccc7)ccc5-6)c5c3oc3ccccc35)C43c4ccccc4-c4ccccc43)cc21. The van der Waals surface area contributed by atoms with Crippen molar-refractivity contribution in [2.75, 3.05) is 9.80 Å². The largest absolute Gasteiger partial charge is 0.455 e. The fourth-order valence-electron chi connectivity index (χ4n) is 18.1. The minimum atomic E-state index is -1.72. The van der Waals surface area contributed by atoms with Crippen LogP contribution in [0.4, 0.5) is 34.1 Å². The van der Waals surface area contributed by atoms with E-state index in [9.17, 15) is 0 Å². The zero-order valence-electron chi connectivity index (χ0n) is 58.5. The van der Waals surface area contributed by atoms with Crippen molar-refractivity contribution in [3.05, 3.63) is 336 Å². The lowest BCUT2D eigenvalue weighted by atomic mass is 9.70. The van der Waals surface area contributed by atoms with E-state index in [1.165, 1.54) is 127 Å². The van der Waals surface area contributed by atoms with E-state index in [1.54, 1.807) is 0 Å². The van der Waals surface area contributed by atoms with Gasteiger partial charge < -0.3 is 14.2 Å². The van der Waals surface area contributed by atoms with Gasteiger partial charge in [-0.05, 0) is 190 Å². The molecule has 0 aliphatic heterocycles. The summed E-state index contributed by atoms with van der Waals surface area (Å²) in [4.78, 5) is 5.18. The van der Waals surface area contributed by atoms with Gasteiger partial charge in [0.1, 0.15) is 11.2 Å². The number of hydrogen-bond donors (Lipinski definition) is 0. The van der Waals surface area contributed by atoms with Crippen molar-refractivity contribution in [2.45, 2.75) is 83.2 Å². The highest BCUT2D eigenvalue weighted by atomic mass is 28.3. The molecule has 1 spiro atoms. The van der Waals surface area contributed by atoms with Crippen molar-refractivity contribution in [1.29, 1.82) is 0 Å². The molecule has 4 aliphatic carbocycles. The number of hydrogen-bond acceptors (Lipinski definition) is 3. The van der Waals surface area contributed by atoms with E-state index in [0.717, 1.165) is 61.6 Å². The molecule has 100 heavy (non-hydrogen) atoms. The number of nitrogens with zero attached hydrogens (tertiary/aromatic N) is 2. The molecule has 1 heterocycles. The second-order valence-corrected chi connectivity index (χ2v) is 41.7. The molecule has 0 amide bonds. The summed E-state index contributed by atoms with van der Waals surface area (Å²) in [7, 11) is -3.42. The van der Waals surface area contributed by atoms with Gasteiger partial charge in [0, 0.05) is 49.9 Å². The van der Waals surface area contributed by atoms with Crippen molar-refractivity contribution in [3.8, 4) is 66.8 Å². The molecule has 0 saturated heterocycles. The Morgan fingerprint density at radius 2 is 0.660 bits per heavy atom. The Morgan fingerprint density at radius 1 is 0.280 bits per heavy atom. The molecule has 0 saturated carbocycles. The van der Waals surface area contributed by atoms with Crippen LogP contribution < -0.4 is 20.2 Å². The van der Waals surface area contributed by atoms with E-state index < -0.39 is 21.6 Å². The van der Waals surface area contributed by atoms with Crippen LogP contribution in [-0.4, -0.2) is 16.1 Å². The minimum absolute atomic E-state index is 0.282. The van der Waals surface area contributed by atoms with Crippen molar-refractivity contribution in [1.82, 2.24) is 0 Å². The van der Waals surface area contributed by atoms with Crippen LogP contribution >= 0.6 is 0 Å². The van der Waals surface area contributed by atoms with Crippen LogP contribution in [0.1, 0.15) is 72.2 Å². The Morgan fingerprint density at radius 3 is 1.16 bits per heavy atom. The summed E-state index contributed by atoms with van der Waals surface area (Å²) in [6.45, 7) is 24.4. The van der Waals surface area contributed by atoms with Gasteiger partial charge in [-0.1, -0.05) is 290 Å². The van der Waals surface area contributed by atoms with Gasteiger partial charge in [0.2, 0.25) is 0 Å². The molecular weight excluding hydrogens is 1240 g/mol. The van der Waals surface area contributed by atoms with Gasteiger partial charge >= 0.3 is 0 Å². The second kappa shape index (κ2) is 21.6. The van der Waals surface area contributed by atoms with E-state index >= 15 is 0 Å². The molecule has 15 aromatic rings. The Bertz CT molecular complexity index is 5880. The molecule has 3 nitrogen and oxygen atoms in total. The molecule has 19 rings (SSSR count). The summed E-state index contributed by atoms with van der Waals surface area (Å²) in [5.41, 5.74) is 32.4. The Hall–Kier alpha value is -10.8. The summed E-state index contributed by atoms with van der Waals surface area (Å²) < 4.78 is 7.75. The Kier molecular flexibility index (Phi) is 13.0. The molecule has 0 N–H and O–H groups in total. The minimum Gasteiger partial charge on any atom is -0.455 e. The summed E-state index contributed by atoms with van der Waals surface area (Å²) in [6, 6.07) is 112. The fraction of sp³-hybridized carbons (Fsp3) is 0.137. The lowest BCUT2D eigenvalue weighted by Crippen LogP contribution is -2.37. The van der Waals surface area contributed by atoms with E-state index in [4.69, 9.17) is 4.42 Å². The normalized spacial score (nSPS) is 14.5. The molecule has 482 valence electrons. The average molecular weight is 1320 g/mol. The lowest BCUT2D eigenvalue weighted by Gasteiger charge is -2.34. The van der Waals surface area contributed by atoms with Crippen molar-refractivity contribution in [3.63, 3.8) is 0 Å². The maximum absolute atomic E-state index is 7.75. The topological polar surface area (TPSA) is 19.6 Å². The highest BCUT2D eigenvalue weighted by molar-refractivity contribution is 6.89. The number of anilines is 6. The molecule has 1 aromatic heterocycles. The smallest absolute Gasteiger partial charge is 0.145 e. The molecule has 14 aromatic carbocycles. The maximum Gasteiger partial charge on any atom is 0.145 e. The van der Waals surface area contributed by atoms with Crippen LogP contribution in [0.5, 0.6) is 0 Å². The van der Waals surface area contributed by atoms with Gasteiger partial charge in [-0.2, -0.15) is 0 Å². The monoisotopic (exact) mass is 1320 g/mol. The third-order valence-electron chi connectivity index (χ3n) is 23.2. The Labute approximate surface area is 589 Å². The number of rotatable bonds is 10. The second-order valence-electron chi connectivity index (χ2n) is 31.6. The molecular formula is C95H78N2OSi2. The van der Waals surface area contributed by atoms with Gasteiger partial charge in [-0.25, -0.2) is 0 Å². The molecule has 5 heteroatoms.